The maximum atomic E-state index is 12.8. The largest absolute Gasteiger partial charge is 0.381 e. The summed E-state index contributed by atoms with van der Waals surface area (Å²) in [5.74, 6) is 0.491. The molecule has 2 aliphatic rings. The van der Waals surface area contributed by atoms with Crippen LogP contribution in [0.25, 0.3) is 5.69 Å². The Labute approximate surface area is 167 Å². The molecule has 0 bridgehead atoms. The molecule has 6 heteroatoms. The fraction of sp³-hybridized carbons (Fsp3) is 0.545. The van der Waals surface area contributed by atoms with Gasteiger partial charge in [-0.3, -0.25) is 9.69 Å². The summed E-state index contributed by atoms with van der Waals surface area (Å²) in [7, 11) is 0. The van der Waals surface area contributed by atoms with Crippen molar-refractivity contribution in [2.75, 3.05) is 39.4 Å². The number of aryl methyl sites for hydroxylation is 1. The lowest BCUT2D eigenvalue weighted by Crippen LogP contribution is -2.40. The Morgan fingerprint density at radius 3 is 2.68 bits per heavy atom. The van der Waals surface area contributed by atoms with Crippen molar-refractivity contribution in [3.05, 3.63) is 47.8 Å². The van der Waals surface area contributed by atoms with Gasteiger partial charge in [-0.2, -0.15) is 5.10 Å². The molecular weight excluding hydrogens is 352 g/mol. The first-order chi connectivity index (χ1) is 13.7. The van der Waals surface area contributed by atoms with Crippen LogP contribution in [-0.4, -0.2) is 64.9 Å². The monoisotopic (exact) mass is 382 g/mol. The first-order valence-electron chi connectivity index (χ1n) is 10.4. The number of hydrogen-bond acceptors (Lipinski definition) is 4. The average Bonchev–Trinajstić information content (AvgIpc) is 2.95. The van der Waals surface area contributed by atoms with Gasteiger partial charge in [-0.15, -0.1) is 0 Å². The molecule has 4 rings (SSSR count). The molecule has 1 aromatic heterocycles. The van der Waals surface area contributed by atoms with E-state index in [-0.39, 0.29) is 5.92 Å². The predicted octanol–water partition coefficient (Wildman–Crippen LogP) is 2.64. The van der Waals surface area contributed by atoms with Gasteiger partial charge in [-0.1, -0.05) is 18.2 Å². The molecule has 150 valence electrons. The van der Waals surface area contributed by atoms with Crippen LogP contribution in [0.2, 0.25) is 0 Å². The Morgan fingerprint density at radius 2 is 1.89 bits per heavy atom. The van der Waals surface area contributed by atoms with Crippen molar-refractivity contribution in [1.82, 2.24) is 19.6 Å². The summed E-state index contributed by atoms with van der Waals surface area (Å²) in [6.45, 7) is 8.04. The first kappa shape index (κ1) is 19.2. The second-order valence-electron chi connectivity index (χ2n) is 7.86. The van der Waals surface area contributed by atoms with E-state index in [0.717, 1.165) is 76.6 Å². The highest BCUT2D eigenvalue weighted by molar-refractivity contribution is 5.79. The predicted molar refractivity (Wildman–Crippen MR) is 108 cm³/mol. The molecule has 2 aliphatic heterocycles. The number of rotatable bonds is 4. The zero-order valence-electron chi connectivity index (χ0n) is 16.7. The third-order valence-corrected chi connectivity index (χ3v) is 5.89. The van der Waals surface area contributed by atoms with Crippen LogP contribution in [-0.2, 0) is 16.1 Å². The van der Waals surface area contributed by atoms with Crippen LogP contribution in [0.1, 0.15) is 30.5 Å². The Morgan fingerprint density at radius 1 is 1.11 bits per heavy atom. The molecule has 0 N–H and O–H groups in total. The van der Waals surface area contributed by atoms with E-state index in [4.69, 9.17) is 4.74 Å². The zero-order valence-corrected chi connectivity index (χ0v) is 16.7. The smallest absolute Gasteiger partial charge is 0.225 e. The summed E-state index contributed by atoms with van der Waals surface area (Å²) in [5, 5.41) is 4.69. The fourth-order valence-electron chi connectivity index (χ4n) is 4.16. The zero-order chi connectivity index (χ0) is 19.3. The van der Waals surface area contributed by atoms with Gasteiger partial charge in [0, 0.05) is 63.6 Å². The van der Waals surface area contributed by atoms with Crippen molar-refractivity contribution in [1.29, 1.82) is 0 Å². The maximum Gasteiger partial charge on any atom is 0.225 e. The normalized spacial score (nSPS) is 19.5. The van der Waals surface area contributed by atoms with E-state index < -0.39 is 0 Å². The molecule has 0 unspecified atom stereocenters. The van der Waals surface area contributed by atoms with Gasteiger partial charge in [0.25, 0.3) is 0 Å². The van der Waals surface area contributed by atoms with Crippen LogP contribution < -0.4 is 0 Å². The molecular formula is C22H30N4O2. The summed E-state index contributed by atoms with van der Waals surface area (Å²) in [5.41, 5.74) is 3.41. The van der Waals surface area contributed by atoms with Gasteiger partial charge in [0.2, 0.25) is 5.91 Å². The number of amides is 1. The molecule has 2 fully saturated rings. The number of ether oxygens (including phenoxy) is 1. The molecule has 1 amide bonds. The van der Waals surface area contributed by atoms with Crippen LogP contribution >= 0.6 is 0 Å². The third-order valence-electron chi connectivity index (χ3n) is 5.89. The summed E-state index contributed by atoms with van der Waals surface area (Å²) in [6.07, 6.45) is 4.91. The van der Waals surface area contributed by atoms with Gasteiger partial charge in [-0.05, 0) is 38.3 Å². The molecule has 2 saturated heterocycles. The standard InChI is InChI=1S/C22H30N4O2/c1-18-20(17-26(23-18)21-6-3-2-4-7-21)16-24-10-5-11-25(13-12-24)22(27)19-8-14-28-15-9-19/h2-4,6-7,17,19H,5,8-16H2,1H3. The van der Waals surface area contributed by atoms with Gasteiger partial charge in [0.15, 0.2) is 0 Å². The van der Waals surface area contributed by atoms with E-state index in [2.05, 4.69) is 40.2 Å². The number of benzene rings is 1. The van der Waals surface area contributed by atoms with E-state index in [0.29, 0.717) is 5.91 Å². The molecule has 0 atom stereocenters. The molecule has 3 heterocycles. The van der Waals surface area contributed by atoms with Gasteiger partial charge in [-0.25, -0.2) is 4.68 Å². The quantitative estimate of drug-likeness (QED) is 0.816. The number of nitrogens with zero attached hydrogens (tertiary/aromatic N) is 4. The fourth-order valence-corrected chi connectivity index (χ4v) is 4.16. The summed E-state index contributed by atoms with van der Waals surface area (Å²) in [6, 6.07) is 10.2. The Kier molecular flexibility index (Phi) is 6.07. The first-order valence-corrected chi connectivity index (χ1v) is 10.4. The molecule has 0 aliphatic carbocycles. The summed E-state index contributed by atoms with van der Waals surface area (Å²) in [4.78, 5) is 17.4. The maximum absolute atomic E-state index is 12.8. The van der Waals surface area contributed by atoms with Crippen LogP contribution in [0.15, 0.2) is 36.5 Å². The van der Waals surface area contributed by atoms with Crippen LogP contribution in [0.3, 0.4) is 0 Å². The molecule has 0 spiro atoms. The highest BCUT2D eigenvalue weighted by Gasteiger charge is 2.27. The second-order valence-corrected chi connectivity index (χ2v) is 7.86. The lowest BCUT2D eigenvalue weighted by molar-refractivity contribution is -0.138. The van der Waals surface area contributed by atoms with E-state index in [1.165, 1.54) is 5.56 Å². The van der Waals surface area contributed by atoms with Crippen molar-refractivity contribution in [2.45, 2.75) is 32.7 Å². The number of carbonyl (C=O) groups excluding carboxylic acids is 1. The number of para-hydroxylation sites is 1. The minimum absolute atomic E-state index is 0.159. The second kappa shape index (κ2) is 8.88. The van der Waals surface area contributed by atoms with Crippen LogP contribution in [0.5, 0.6) is 0 Å². The lowest BCUT2D eigenvalue weighted by Gasteiger charge is -2.28. The van der Waals surface area contributed by atoms with Gasteiger partial charge < -0.3 is 9.64 Å². The lowest BCUT2D eigenvalue weighted by atomic mass is 9.98. The highest BCUT2D eigenvalue weighted by Crippen LogP contribution is 2.20. The van der Waals surface area contributed by atoms with E-state index in [1.807, 2.05) is 22.9 Å². The van der Waals surface area contributed by atoms with Crippen molar-refractivity contribution in [3.63, 3.8) is 0 Å². The van der Waals surface area contributed by atoms with Gasteiger partial charge >= 0.3 is 0 Å². The summed E-state index contributed by atoms with van der Waals surface area (Å²) < 4.78 is 7.37. The summed E-state index contributed by atoms with van der Waals surface area (Å²) >= 11 is 0. The average molecular weight is 383 g/mol. The van der Waals surface area contributed by atoms with Gasteiger partial charge in [0.05, 0.1) is 11.4 Å². The van der Waals surface area contributed by atoms with E-state index >= 15 is 0 Å². The number of hydrogen-bond donors (Lipinski definition) is 0. The van der Waals surface area contributed by atoms with Crippen molar-refractivity contribution in [2.24, 2.45) is 5.92 Å². The highest BCUT2D eigenvalue weighted by atomic mass is 16.5. The molecule has 6 nitrogen and oxygen atoms in total. The van der Waals surface area contributed by atoms with Crippen LogP contribution in [0, 0.1) is 12.8 Å². The Hall–Kier alpha value is -2.18. The molecule has 2 aromatic rings. The minimum Gasteiger partial charge on any atom is -0.381 e. The van der Waals surface area contributed by atoms with Crippen molar-refractivity contribution >= 4 is 5.91 Å². The number of carbonyl (C=O) groups is 1. The van der Waals surface area contributed by atoms with Gasteiger partial charge in [0.1, 0.15) is 0 Å². The van der Waals surface area contributed by atoms with Crippen molar-refractivity contribution in [3.8, 4) is 5.69 Å². The SMILES string of the molecule is Cc1nn(-c2ccccc2)cc1CN1CCCN(C(=O)C2CCOCC2)CC1. The topological polar surface area (TPSA) is 50.6 Å². The molecule has 1 aromatic carbocycles. The number of aromatic nitrogens is 2. The minimum atomic E-state index is 0.159. The molecule has 28 heavy (non-hydrogen) atoms. The Bertz CT molecular complexity index is 783. The van der Waals surface area contributed by atoms with Crippen molar-refractivity contribution < 1.29 is 9.53 Å². The van der Waals surface area contributed by atoms with E-state index in [9.17, 15) is 4.79 Å². The molecule has 0 radical (unpaired) electrons. The van der Waals surface area contributed by atoms with E-state index in [1.54, 1.807) is 0 Å². The molecule has 0 saturated carbocycles. The third kappa shape index (κ3) is 4.45. The van der Waals surface area contributed by atoms with Crippen LogP contribution in [0.4, 0.5) is 0 Å². The Balaban J connectivity index is 1.36.